The number of aromatic nitrogens is 1. The number of H-pyrrole nitrogens is 1. The largest absolute Gasteiger partial charge is 0.417 e. The minimum absolute atomic E-state index is 0.218. The fraction of sp³-hybridized carbons (Fsp3) is 0.417. The highest BCUT2D eigenvalue weighted by atomic mass is 16.4. The zero-order chi connectivity index (χ0) is 12.3. The molecule has 0 aliphatic heterocycles. The van der Waals surface area contributed by atoms with Crippen molar-refractivity contribution in [1.82, 2.24) is 10.3 Å². The highest BCUT2D eigenvalue weighted by Gasteiger charge is 2.01. The van der Waals surface area contributed by atoms with E-state index in [9.17, 15) is 4.79 Å². The molecule has 4 N–H and O–H groups in total. The lowest BCUT2D eigenvalue weighted by molar-refractivity contribution is 0.555. The fourth-order valence-corrected chi connectivity index (χ4v) is 1.67. The Labute approximate surface area is 99.0 Å². The molecule has 1 atom stereocenters. The molecule has 0 saturated carbocycles. The number of aromatic amines is 1. The first-order chi connectivity index (χ1) is 8.15. The first-order valence-electron chi connectivity index (χ1n) is 5.73. The topological polar surface area (TPSA) is 84.0 Å². The fourth-order valence-electron chi connectivity index (χ4n) is 1.67. The summed E-state index contributed by atoms with van der Waals surface area (Å²) in [7, 11) is 0. The second-order valence-corrected chi connectivity index (χ2v) is 4.29. The third kappa shape index (κ3) is 3.18. The van der Waals surface area contributed by atoms with Gasteiger partial charge in [-0.25, -0.2) is 4.79 Å². The number of nitrogens with one attached hydrogen (secondary N) is 2. The molecule has 0 fully saturated rings. The summed E-state index contributed by atoms with van der Waals surface area (Å²) in [6.45, 7) is 3.64. The molecular formula is C12H17N3O2. The number of fused-ring (bicyclic) bond motifs is 1. The lowest BCUT2D eigenvalue weighted by Gasteiger charge is -2.06. The Kier molecular flexibility index (Phi) is 3.61. The molecule has 92 valence electrons. The maximum Gasteiger partial charge on any atom is 0.417 e. The van der Waals surface area contributed by atoms with Gasteiger partial charge in [-0.1, -0.05) is 6.07 Å². The molecule has 5 nitrogen and oxygen atoms in total. The summed E-state index contributed by atoms with van der Waals surface area (Å²) in [5.41, 5.74) is 8.10. The second-order valence-electron chi connectivity index (χ2n) is 4.29. The highest BCUT2D eigenvalue weighted by molar-refractivity contribution is 5.72. The van der Waals surface area contributed by atoms with Crippen LogP contribution in [0.3, 0.4) is 0 Å². The Balaban J connectivity index is 1.97. The zero-order valence-corrected chi connectivity index (χ0v) is 9.82. The second kappa shape index (κ2) is 5.16. The Morgan fingerprint density at radius 2 is 2.35 bits per heavy atom. The SMILES string of the molecule is CC(N)CCNCc1ccc2oc(=O)[nH]c2c1. The molecule has 0 aliphatic carbocycles. The van der Waals surface area contributed by atoms with Gasteiger partial charge < -0.3 is 15.5 Å². The Morgan fingerprint density at radius 1 is 1.53 bits per heavy atom. The Morgan fingerprint density at radius 3 is 3.12 bits per heavy atom. The first kappa shape index (κ1) is 11.9. The molecule has 0 saturated heterocycles. The maximum atomic E-state index is 11.0. The van der Waals surface area contributed by atoms with Crippen LogP contribution in [0.4, 0.5) is 0 Å². The van der Waals surface area contributed by atoms with Crippen molar-refractivity contribution in [1.29, 1.82) is 0 Å². The third-order valence-electron chi connectivity index (χ3n) is 2.59. The van der Waals surface area contributed by atoms with Crippen molar-refractivity contribution in [3.63, 3.8) is 0 Å². The lowest BCUT2D eigenvalue weighted by atomic mass is 10.2. The first-order valence-corrected chi connectivity index (χ1v) is 5.73. The molecule has 0 radical (unpaired) electrons. The van der Waals surface area contributed by atoms with Crippen molar-refractivity contribution >= 4 is 11.1 Å². The predicted octanol–water partition coefficient (Wildman–Crippen LogP) is 0.948. The van der Waals surface area contributed by atoms with Crippen LogP contribution in [0, 0.1) is 0 Å². The molecule has 0 spiro atoms. The van der Waals surface area contributed by atoms with Gasteiger partial charge in [0.1, 0.15) is 0 Å². The van der Waals surface area contributed by atoms with E-state index in [0.29, 0.717) is 5.58 Å². The van der Waals surface area contributed by atoms with Crippen molar-refractivity contribution < 1.29 is 4.42 Å². The zero-order valence-electron chi connectivity index (χ0n) is 9.82. The molecule has 1 heterocycles. The molecule has 0 bridgehead atoms. The van der Waals surface area contributed by atoms with E-state index in [0.717, 1.165) is 30.6 Å². The van der Waals surface area contributed by atoms with Gasteiger partial charge in [-0.15, -0.1) is 0 Å². The van der Waals surface area contributed by atoms with E-state index >= 15 is 0 Å². The van der Waals surface area contributed by atoms with Crippen LogP contribution in [0.15, 0.2) is 27.4 Å². The van der Waals surface area contributed by atoms with Gasteiger partial charge in [-0.05, 0) is 37.6 Å². The van der Waals surface area contributed by atoms with Gasteiger partial charge in [0, 0.05) is 12.6 Å². The van der Waals surface area contributed by atoms with Crippen LogP contribution in [0.1, 0.15) is 18.9 Å². The van der Waals surface area contributed by atoms with E-state index in [1.807, 2.05) is 19.1 Å². The summed E-state index contributed by atoms with van der Waals surface area (Å²) in [5.74, 6) is -0.415. The molecule has 5 heteroatoms. The maximum absolute atomic E-state index is 11.0. The van der Waals surface area contributed by atoms with Crippen molar-refractivity contribution in [3.8, 4) is 0 Å². The molecular weight excluding hydrogens is 218 g/mol. The number of rotatable bonds is 5. The van der Waals surface area contributed by atoms with Crippen molar-refractivity contribution in [2.24, 2.45) is 5.73 Å². The van der Waals surface area contributed by atoms with Gasteiger partial charge in [-0.3, -0.25) is 4.98 Å². The van der Waals surface area contributed by atoms with Crippen LogP contribution in [0.5, 0.6) is 0 Å². The molecule has 2 aromatic rings. The van der Waals surface area contributed by atoms with Gasteiger partial charge in [0.25, 0.3) is 0 Å². The van der Waals surface area contributed by atoms with Crippen LogP contribution in [-0.4, -0.2) is 17.6 Å². The van der Waals surface area contributed by atoms with Crippen LogP contribution < -0.4 is 16.8 Å². The molecule has 0 aliphatic rings. The smallest absolute Gasteiger partial charge is 0.408 e. The van der Waals surface area contributed by atoms with E-state index in [-0.39, 0.29) is 6.04 Å². The van der Waals surface area contributed by atoms with E-state index in [1.165, 1.54) is 0 Å². The van der Waals surface area contributed by atoms with E-state index in [1.54, 1.807) is 6.07 Å². The monoisotopic (exact) mass is 235 g/mol. The summed E-state index contributed by atoms with van der Waals surface area (Å²) in [5, 5.41) is 3.30. The molecule has 1 unspecified atom stereocenters. The molecule has 0 amide bonds. The van der Waals surface area contributed by atoms with Gasteiger partial charge in [0.15, 0.2) is 5.58 Å². The minimum Gasteiger partial charge on any atom is -0.408 e. The normalized spacial score (nSPS) is 13.1. The lowest BCUT2D eigenvalue weighted by Crippen LogP contribution is -2.23. The van der Waals surface area contributed by atoms with Crippen molar-refractivity contribution in [2.75, 3.05) is 6.54 Å². The van der Waals surface area contributed by atoms with Crippen LogP contribution in [0.2, 0.25) is 0 Å². The van der Waals surface area contributed by atoms with Gasteiger partial charge in [0.2, 0.25) is 0 Å². The van der Waals surface area contributed by atoms with Crippen LogP contribution >= 0.6 is 0 Å². The summed E-state index contributed by atoms with van der Waals surface area (Å²) >= 11 is 0. The third-order valence-corrected chi connectivity index (χ3v) is 2.59. The highest BCUT2D eigenvalue weighted by Crippen LogP contribution is 2.11. The summed E-state index contributed by atoms with van der Waals surface area (Å²) in [4.78, 5) is 13.6. The van der Waals surface area contributed by atoms with Crippen LogP contribution in [-0.2, 0) is 6.54 Å². The molecule has 17 heavy (non-hydrogen) atoms. The number of hydrogen-bond acceptors (Lipinski definition) is 4. The van der Waals surface area contributed by atoms with Gasteiger partial charge in [0.05, 0.1) is 5.52 Å². The standard InChI is InChI=1S/C12H17N3O2/c1-8(13)4-5-14-7-9-2-3-11-10(6-9)15-12(16)17-11/h2-3,6,8,14H,4-5,7,13H2,1H3,(H,15,16). The van der Waals surface area contributed by atoms with E-state index in [4.69, 9.17) is 10.2 Å². The molecule has 1 aromatic heterocycles. The van der Waals surface area contributed by atoms with Crippen molar-refractivity contribution in [3.05, 3.63) is 34.3 Å². The Bertz CT molecular complexity index is 542. The van der Waals surface area contributed by atoms with E-state index in [2.05, 4.69) is 10.3 Å². The van der Waals surface area contributed by atoms with Crippen LogP contribution in [0.25, 0.3) is 11.1 Å². The summed E-state index contributed by atoms with van der Waals surface area (Å²) in [6, 6.07) is 5.88. The average molecular weight is 235 g/mol. The number of benzene rings is 1. The minimum atomic E-state index is -0.415. The summed E-state index contributed by atoms with van der Waals surface area (Å²) < 4.78 is 4.93. The quantitative estimate of drug-likeness (QED) is 0.674. The average Bonchev–Trinajstić information content (AvgIpc) is 2.63. The van der Waals surface area contributed by atoms with Crippen molar-refractivity contribution in [2.45, 2.75) is 25.9 Å². The number of oxazole rings is 1. The molecule has 2 rings (SSSR count). The Hall–Kier alpha value is -1.59. The summed E-state index contributed by atoms with van der Waals surface area (Å²) in [6.07, 6.45) is 0.949. The van der Waals surface area contributed by atoms with Gasteiger partial charge in [-0.2, -0.15) is 0 Å². The number of nitrogens with two attached hydrogens (primary N) is 1. The number of hydrogen-bond donors (Lipinski definition) is 3. The van der Waals surface area contributed by atoms with Gasteiger partial charge >= 0.3 is 5.76 Å². The predicted molar refractivity (Wildman–Crippen MR) is 66.8 cm³/mol. The molecule has 1 aromatic carbocycles. The van der Waals surface area contributed by atoms with E-state index < -0.39 is 5.76 Å².